The van der Waals surface area contributed by atoms with Crippen molar-refractivity contribution in [3.05, 3.63) is 42.0 Å². The first kappa shape index (κ1) is 18.9. The van der Waals surface area contributed by atoms with Gasteiger partial charge in [0, 0.05) is 23.4 Å². The van der Waals surface area contributed by atoms with Crippen LogP contribution in [0.15, 0.2) is 36.4 Å². The van der Waals surface area contributed by atoms with Gasteiger partial charge in [-0.15, -0.1) is 0 Å². The van der Waals surface area contributed by atoms with Gasteiger partial charge in [-0.3, -0.25) is 4.79 Å². The van der Waals surface area contributed by atoms with Crippen LogP contribution in [-0.2, 0) is 14.4 Å². The first-order chi connectivity index (χ1) is 9.38. The first-order valence-electron chi connectivity index (χ1n) is 5.32. The van der Waals surface area contributed by atoms with E-state index in [1.165, 1.54) is 24.3 Å². The van der Waals surface area contributed by atoms with Crippen molar-refractivity contribution < 1.29 is 59.3 Å². The number of carboxylic acids is 2. The fraction of sp³-hybridized carbons (Fsp3) is 0. The normalized spacial score (nSPS) is 10.3. The molecule has 0 heterocycles. The quantitative estimate of drug-likeness (QED) is 0.297. The molecule has 0 saturated carbocycles. The van der Waals surface area contributed by atoms with Gasteiger partial charge in [-0.2, -0.15) is 0 Å². The number of amides is 1. The topological polar surface area (TPSA) is 127 Å². The predicted molar refractivity (Wildman–Crippen MR) is 67.6 cm³/mol. The van der Waals surface area contributed by atoms with E-state index in [1.807, 2.05) is 0 Å². The van der Waals surface area contributed by atoms with E-state index in [0.717, 1.165) is 12.2 Å². The summed E-state index contributed by atoms with van der Waals surface area (Å²) in [5.74, 6) is -3.55. The molecule has 21 heavy (non-hydrogen) atoms. The van der Waals surface area contributed by atoms with Crippen molar-refractivity contribution in [2.75, 3.05) is 5.32 Å². The minimum atomic E-state index is -1.52. The Morgan fingerprint density at radius 1 is 1.14 bits per heavy atom. The zero-order valence-electron chi connectivity index (χ0n) is 11.1. The van der Waals surface area contributed by atoms with Crippen LogP contribution in [0.1, 0.15) is 5.56 Å². The van der Waals surface area contributed by atoms with E-state index < -0.39 is 17.8 Å². The molecule has 0 saturated heterocycles. The predicted octanol–water partition coefficient (Wildman–Crippen LogP) is -3.26. The number of carbonyl (C=O) groups is 3. The number of carbonyl (C=O) groups excluding carboxylic acids is 2. The van der Waals surface area contributed by atoms with E-state index >= 15 is 0 Å². The minimum absolute atomic E-state index is 0. The van der Waals surface area contributed by atoms with Crippen LogP contribution < -0.4 is 40.0 Å². The van der Waals surface area contributed by atoms with Gasteiger partial charge in [-0.05, 0) is 30.4 Å². The monoisotopic (exact) mass is 299 g/mol. The molecule has 3 N–H and O–H groups in total. The average molecular weight is 299 g/mol. The Kier molecular flexibility index (Phi) is 8.07. The molecule has 104 valence electrons. The van der Waals surface area contributed by atoms with Gasteiger partial charge in [0.15, 0.2) is 0 Å². The Labute approximate surface area is 141 Å². The fourth-order valence-electron chi connectivity index (χ4n) is 1.28. The Balaban J connectivity index is 0.00000400. The third-order valence-corrected chi connectivity index (χ3v) is 2.07. The van der Waals surface area contributed by atoms with Gasteiger partial charge in [-0.25, -0.2) is 4.79 Å². The third-order valence-electron chi connectivity index (χ3n) is 2.07. The fourth-order valence-corrected chi connectivity index (χ4v) is 1.28. The number of aromatic hydroxyl groups is 1. The van der Waals surface area contributed by atoms with Crippen LogP contribution in [0.2, 0.25) is 0 Å². The van der Waals surface area contributed by atoms with E-state index in [0.29, 0.717) is 6.08 Å². The second-order valence-electron chi connectivity index (χ2n) is 3.58. The number of benzene rings is 1. The van der Waals surface area contributed by atoms with Crippen molar-refractivity contribution in [2.45, 2.75) is 0 Å². The molecule has 0 bridgehead atoms. The van der Waals surface area contributed by atoms with Crippen LogP contribution in [0.25, 0.3) is 6.08 Å². The largest absolute Gasteiger partial charge is 1.00 e. The standard InChI is InChI=1S/C13H11NO6.Na/c15-9-2-3-10(8(7-9)1-5-12(17)18)14-11(16)4-6-13(19)20;/h1-7,15H,(H,14,16)(H,17,18)(H,19,20);/q;+1/p-1/b5-1+,6-4+;. The van der Waals surface area contributed by atoms with Crippen molar-refractivity contribution >= 4 is 29.6 Å². The average Bonchev–Trinajstić information content (AvgIpc) is 2.36. The number of hydrogen-bond acceptors (Lipinski definition) is 5. The van der Waals surface area contributed by atoms with Crippen LogP contribution in [0.5, 0.6) is 5.75 Å². The maximum Gasteiger partial charge on any atom is 1.00 e. The second-order valence-corrected chi connectivity index (χ2v) is 3.58. The summed E-state index contributed by atoms with van der Waals surface area (Å²) in [4.78, 5) is 32.0. The van der Waals surface area contributed by atoms with Crippen molar-refractivity contribution in [3.63, 3.8) is 0 Å². The zero-order chi connectivity index (χ0) is 15.1. The van der Waals surface area contributed by atoms with Crippen molar-refractivity contribution in [1.82, 2.24) is 0 Å². The second kappa shape index (κ2) is 8.96. The minimum Gasteiger partial charge on any atom is -0.545 e. The molecule has 1 aromatic rings. The summed E-state index contributed by atoms with van der Waals surface area (Å²) in [6.07, 6.45) is 3.33. The summed E-state index contributed by atoms with van der Waals surface area (Å²) in [6, 6.07) is 3.88. The molecule has 0 aromatic heterocycles. The van der Waals surface area contributed by atoms with Gasteiger partial charge in [-0.1, -0.05) is 0 Å². The molecule has 7 nitrogen and oxygen atoms in total. The maximum absolute atomic E-state index is 11.4. The molecule has 0 fully saturated rings. The third kappa shape index (κ3) is 7.31. The summed E-state index contributed by atoms with van der Waals surface area (Å²) in [7, 11) is 0. The van der Waals surface area contributed by atoms with Gasteiger partial charge >= 0.3 is 35.5 Å². The number of hydrogen-bond donors (Lipinski definition) is 3. The molecule has 1 amide bonds. The SMILES string of the molecule is O=C([O-])/C=C/C(=O)Nc1ccc(O)cc1/C=C/C(=O)O.[Na+]. The summed E-state index contributed by atoms with van der Waals surface area (Å²) in [6.45, 7) is 0. The number of aliphatic carboxylic acids is 2. The molecule has 0 atom stereocenters. The molecule has 0 unspecified atom stereocenters. The maximum atomic E-state index is 11.4. The van der Waals surface area contributed by atoms with Crippen LogP contribution in [0, 0.1) is 0 Å². The zero-order valence-corrected chi connectivity index (χ0v) is 13.1. The van der Waals surface area contributed by atoms with Gasteiger partial charge in [0.1, 0.15) is 5.75 Å². The van der Waals surface area contributed by atoms with Crippen molar-refractivity contribution in [1.29, 1.82) is 0 Å². The van der Waals surface area contributed by atoms with Crippen LogP contribution in [0.3, 0.4) is 0 Å². The summed E-state index contributed by atoms with van der Waals surface area (Å²) < 4.78 is 0. The van der Waals surface area contributed by atoms with E-state index in [-0.39, 0.29) is 46.6 Å². The molecule has 0 aliphatic rings. The molecule has 8 heteroatoms. The number of rotatable bonds is 5. The molecule has 1 rings (SSSR count). The molecule has 1 aromatic carbocycles. The summed E-state index contributed by atoms with van der Waals surface area (Å²) in [5.41, 5.74) is 0.468. The molecule has 0 radical (unpaired) electrons. The number of phenols is 1. The van der Waals surface area contributed by atoms with Crippen LogP contribution >= 0.6 is 0 Å². The first-order valence-corrected chi connectivity index (χ1v) is 5.32. The number of nitrogens with one attached hydrogen (secondary N) is 1. The van der Waals surface area contributed by atoms with Gasteiger partial charge < -0.3 is 25.4 Å². The molecular formula is C13H10NNaO6. The molecular weight excluding hydrogens is 289 g/mol. The van der Waals surface area contributed by atoms with E-state index in [1.54, 1.807) is 0 Å². The number of phenolic OH excluding ortho intramolecular Hbond substituents is 1. The summed E-state index contributed by atoms with van der Waals surface area (Å²) in [5, 5.41) is 30.4. The Morgan fingerprint density at radius 3 is 2.38 bits per heavy atom. The number of carboxylic acid groups (broad SMARTS) is 2. The Morgan fingerprint density at radius 2 is 1.81 bits per heavy atom. The van der Waals surface area contributed by atoms with Crippen molar-refractivity contribution in [2.24, 2.45) is 0 Å². The smallest absolute Gasteiger partial charge is 0.545 e. The summed E-state index contributed by atoms with van der Waals surface area (Å²) >= 11 is 0. The van der Waals surface area contributed by atoms with E-state index in [4.69, 9.17) is 5.11 Å². The molecule has 0 aliphatic heterocycles. The van der Waals surface area contributed by atoms with Gasteiger partial charge in [0.25, 0.3) is 0 Å². The van der Waals surface area contributed by atoms with E-state index in [9.17, 15) is 24.6 Å². The number of anilines is 1. The molecule has 0 spiro atoms. The van der Waals surface area contributed by atoms with Gasteiger partial charge in [0.2, 0.25) is 5.91 Å². The Hall–Kier alpha value is -2.09. The Bertz CT molecular complexity index is 609. The van der Waals surface area contributed by atoms with E-state index in [2.05, 4.69) is 5.32 Å². The van der Waals surface area contributed by atoms with Crippen LogP contribution in [-0.4, -0.2) is 28.1 Å². The van der Waals surface area contributed by atoms with Crippen molar-refractivity contribution in [3.8, 4) is 5.75 Å². The molecule has 0 aliphatic carbocycles. The van der Waals surface area contributed by atoms with Gasteiger partial charge in [0.05, 0.1) is 5.97 Å². The van der Waals surface area contributed by atoms with Crippen LogP contribution in [0.4, 0.5) is 5.69 Å².